The summed E-state index contributed by atoms with van der Waals surface area (Å²) in [5.41, 5.74) is 9.56. The molecule has 0 bridgehead atoms. The first kappa shape index (κ1) is 26.1. The van der Waals surface area contributed by atoms with Crippen molar-refractivity contribution in [2.75, 3.05) is 23.7 Å². The van der Waals surface area contributed by atoms with Crippen molar-refractivity contribution in [3.05, 3.63) is 79.8 Å². The summed E-state index contributed by atoms with van der Waals surface area (Å²) in [5, 5.41) is 9.61. The van der Waals surface area contributed by atoms with E-state index in [4.69, 9.17) is 39.0 Å². The fourth-order valence-corrected chi connectivity index (χ4v) is 6.83. The molecule has 2 aromatic carbocycles. The second-order valence-electron chi connectivity index (χ2n) is 9.76. The molecule has 37 heavy (non-hydrogen) atoms. The quantitative estimate of drug-likeness (QED) is 0.398. The number of benzene rings is 2. The molecule has 1 aromatic heterocycles. The van der Waals surface area contributed by atoms with Crippen LogP contribution in [0.25, 0.3) is 5.69 Å². The van der Waals surface area contributed by atoms with E-state index in [1.165, 1.54) is 15.7 Å². The number of nitrogens with zero attached hydrogens (tertiary/aromatic N) is 3. The second-order valence-corrected chi connectivity index (χ2v) is 11.7. The Labute approximate surface area is 229 Å². The lowest BCUT2D eigenvalue weighted by Gasteiger charge is -2.42. The topological polar surface area (TPSA) is 101 Å². The monoisotopic (exact) mass is 558 g/mol. The van der Waals surface area contributed by atoms with Gasteiger partial charge >= 0.3 is 5.97 Å². The first-order valence-corrected chi connectivity index (χ1v) is 14.0. The number of aryl methyl sites for hydroxylation is 1. The Kier molecular flexibility index (Phi) is 7.29. The van der Waals surface area contributed by atoms with Crippen LogP contribution >= 0.6 is 35.0 Å². The van der Waals surface area contributed by atoms with E-state index in [1.807, 2.05) is 0 Å². The minimum atomic E-state index is -0.786. The molecule has 1 aliphatic heterocycles. The predicted octanol–water partition coefficient (Wildman–Crippen LogP) is 5.26. The number of carbonyl (C=O) groups is 1. The van der Waals surface area contributed by atoms with Crippen molar-refractivity contribution in [2.45, 2.75) is 43.5 Å². The lowest BCUT2D eigenvalue weighted by molar-refractivity contribution is -0.136. The molecule has 1 atom stereocenters. The number of hydrogen-bond acceptors (Lipinski definition) is 6. The summed E-state index contributed by atoms with van der Waals surface area (Å²) < 4.78 is 1.48. The average molecular weight is 560 g/mol. The maximum atomic E-state index is 13.1. The van der Waals surface area contributed by atoms with Gasteiger partial charge in [0.05, 0.1) is 22.2 Å². The maximum Gasteiger partial charge on any atom is 0.304 e. The van der Waals surface area contributed by atoms with E-state index in [-0.39, 0.29) is 23.4 Å². The van der Waals surface area contributed by atoms with Crippen molar-refractivity contribution in [1.29, 1.82) is 0 Å². The van der Waals surface area contributed by atoms with Gasteiger partial charge in [0.15, 0.2) is 0 Å². The average Bonchev–Trinajstić information content (AvgIpc) is 3.12. The number of carboxylic acids is 1. The van der Waals surface area contributed by atoms with E-state index < -0.39 is 5.97 Å². The predicted molar refractivity (Wildman–Crippen MR) is 149 cm³/mol. The Morgan fingerprint density at radius 1 is 1.22 bits per heavy atom. The first-order chi connectivity index (χ1) is 17.7. The summed E-state index contributed by atoms with van der Waals surface area (Å²) >= 11 is 14.1. The minimum absolute atomic E-state index is 0.0263. The number of anilines is 1. The molecular weight excluding hydrogens is 531 g/mol. The standard InChI is InChI=1S/C27H28Cl2N4O3S/c1-16-31-22(14-23(34)33(16)21-4-2-3-20(28)25(21)29)32-10-8-27(9-11-32)15-17-5-6-18(13-19(17)26(27)30)37-12-7-24(35)36/h2-6,13-14,26H,7-12,15,30H2,1H3,(H,35,36)/t26-/m1/s1. The van der Waals surface area contributed by atoms with Crippen molar-refractivity contribution >= 4 is 46.8 Å². The van der Waals surface area contributed by atoms with Crippen LogP contribution in [-0.4, -0.2) is 39.5 Å². The number of hydrogen-bond donors (Lipinski definition) is 2. The molecule has 10 heteroatoms. The molecule has 0 radical (unpaired) electrons. The van der Waals surface area contributed by atoms with E-state index in [1.54, 1.807) is 43.0 Å². The summed E-state index contributed by atoms with van der Waals surface area (Å²) in [6, 6.07) is 13.0. The number of rotatable bonds is 6. The number of thioether (sulfide) groups is 1. The van der Waals surface area contributed by atoms with E-state index in [2.05, 4.69) is 23.1 Å². The van der Waals surface area contributed by atoms with Gasteiger partial charge in [-0.15, -0.1) is 11.8 Å². The van der Waals surface area contributed by atoms with Gasteiger partial charge in [-0.2, -0.15) is 0 Å². The van der Waals surface area contributed by atoms with E-state index in [9.17, 15) is 9.59 Å². The molecule has 3 N–H and O–H groups in total. The Morgan fingerprint density at radius 2 is 1.97 bits per heavy atom. The van der Waals surface area contributed by atoms with Gasteiger partial charge in [-0.3, -0.25) is 14.2 Å². The van der Waals surface area contributed by atoms with Crippen LogP contribution in [0.4, 0.5) is 5.82 Å². The summed E-state index contributed by atoms with van der Waals surface area (Å²) in [6.07, 6.45) is 2.86. The third kappa shape index (κ3) is 5.00. The van der Waals surface area contributed by atoms with E-state index >= 15 is 0 Å². The van der Waals surface area contributed by atoms with E-state index in [0.717, 1.165) is 37.2 Å². The molecule has 2 heterocycles. The summed E-state index contributed by atoms with van der Waals surface area (Å²) in [5.74, 6) is 0.960. The third-order valence-electron chi connectivity index (χ3n) is 7.57. The van der Waals surface area contributed by atoms with Crippen LogP contribution in [0.15, 0.2) is 52.2 Å². The zero-order valence-corrected chi connectivity index (χ0v) is 22.7. The summed E-state index contributed by atoms with van der Waals surface area (Å²) in [4.78, 5) is 31.9. The molecule has 1 aliphatic carbocycles. The number of fused-ring (bicyclic) bond motifs is 1. The molecule has 3 aromatic rings. The lowest BCUT2D eigenvalue weighted by atomic mass is 9.73. The Balaban J connectivity index is 1.31. The normalized spacial score (nSPS) is 18.3. The Hall–Kier alpha value is -2.52. The molecule has 7 nitrogen and oxygen atoms in total. The highest BCUT2D eigenvalue weighted by Gasteiger charge is 2.46. The van der Waals surface area contributed by atoms with Crippen molar-refractivity contribution in [2.24, 2.45) is 11.1 Å². The SMILES string of the molecule is Cc1nc(N2CCC3(CC2)Cc2ccc(SCCC(=O)O)cc2[C@H]3N)cc(=O)n1-c1cccc(Cl)c1Cl. The molecule has 0 unspecified atom stereocenters. The maximum absolute atomic E-state index is 13.1. The van der Waals surface area contributed by atoms with Crippen LogP contribution in [0.2, 0.25) is 10.0 Å². The number of aromatic nitrogens is 2. The zero-order chi connectivity index (χ0) is 26.3. The fourth-order valence-electron chi connectivity index (χ4n) is 5.56. The molecule has 0 saturated carbocycles. The smallest absolute Gasteiger partial charge is 0.304 e. The molecule has 0 amide bonds. The number of halogens is 2. The van der Waals surface area contributed by atoms with Gasteiger partial charge in [-0.05, 0) is 67.0 Å². The van der Waals surface area contributed by atoms with Crippen molar-refractivity contribution in [3.63, 3.8) is 0 Å². The molecule has 1 fully saturated rings. The van der Waals surface area contributed by atoms with Gasteiger partial charge in [-0.25, -0.2) is 4.98 Å². The van der Waals surface area contributed by atoms with Gasteiger partial charge < -0.3 is 15.7 Å². The third-order valence-corrected chi connectivity index (χ3v) is 9.37. The molecule has 5 rings (SSSR count). The van der Waals surface area contributed by atoms with Crippen LogP contribution in [0.1, 0.15) is 42.3 Å². The molecule has 2 aliphatic rings. The molecular formula is C27H28Cl2N4O3S. The van der Waals surface area contributed by atoms with Crippen LogP contribution in [0.5, 0.6) is 0 Å². The largest absolute Gasteiger partial charge is 0.481 e. The van der Waals surface area contributed by atoms with Crippen LogP contribution in [0, 0.1) is 12.3 Å². The van der Waals surface area contributed by atoms with Gasteiger partial charge in [0.25, 0.3) is 5.56 Å². The highest BCUT2D eigenvalue weighted by atomic mass is 35.5. The minimum Gasteiger partial charge on any atom is -0.481 e. The number of piperidine rings is 1. The van der Waals surface area contributed by atoms with Crippen molar-refractivity contribution in [3.8, 4) is 5.69 Å². The number of carboxylic acid groups (broad SMARTS) is 1. The first-order valence-electron chi connectivity index (χ1n) is 12.2. The van der Waals surface area contributed by atoms with Gasteiger partial charge in [-0.1, -0.05) is 35.3 Å². The highest BCUT2D eigenvalue weighted by Crippen LogP contribution is 2.51. The van der Waals surface area contributed by atoms with Gasteiger partial charge in [0.1, 0.15) is 11.6 Å². The molecule has 194 valence electrons. The summed E-state index contributed by atoms with van der Waals surface area (Å²) in [6.45, 7) is 3.31. The lowest BCUT2D eigenvalue weighted by Crippen LogP contribution is -2.45. The highest BCUT2D eigenvalue weighted by molar-refractivity contribution is 7.99. The fraction of sp³-hybridized carbons (Fsp3) is 0.370. The number of aliphatic carboxylic acids is 1. The Morgan fingerprint density at radius 3 is 2.68 bits per heavy atom. The van der Waals surface area contributed by atoms with Crippen molar-refractivity contribution < 1.29 is 9.90 Å². The molecule has 1 saturated heterocycles. The number of nitrogens with two attached hydrogens (primary N) is 1. The van der Waals surface area contributed by atoms with Crippen LogP contribution in [0.3, 0.4) is 0 Å². The Bertz CT molecular complexity index is 1420. The van der Waals surface area contributed by atoms with Crippen molar-refractivity contribution in [1.82, 2.24) is 9.55 Å². The van der Waals surface area contributed by atoms with E-state index in [0.29, 0.717) is 33.1 Å². The molecule has 1 spiro atoms. The second kappa shape index (κ2) is 10.3. The van der Waals surface area contributed by atoms with Gasteiger partial charge in [0.2, 0.25) is 0 Å². The van der Waals surface area contributed by atoms with Gasteiger partial charge in [0, 0.05) is 35.8 Å². The van der Waals surface area contributed by atoms with Crippen LogP contribution < -0.4 is 16.2 Å². The summed E-state index contributed by atoms with van der Waals surface area (Å²) in [7, 11) is 0. The zero-order valence-electron chi connectivity index (χ0n) is 20.4. The van der Waals surface area contributed by atoms with Crippen LogP contribution in [-0.2, 0) is 11.2 Å².